The zero-order valence-electron chi connectivity index (χ0n) is 7.08. The Morgan fingerprint density at radius 1 is 1.71 bits per heavy atom. The summed E-state index contributed by atoms with van der Waals surface area (Å²) in [5.74, 6) is 0. The average molecular weight is 216 g/mol. The first-order chi connectivity index (χ1) is 6.67. The van der Waals surface area contributed by atoms with Crippen molar-refractivity contribution in [1.29, 1.82) is 0 Å². The zero-order chi connectivity index (χ0) is 10.4. The van der Waals surface area contributed by atoms with Crippen molar-refractivity contribution in [3.05, 3.63) is 22.8 Å². The summed E-state index contributed by atoms with van der Waals surface area (Å²) >= 11 is 0. The van der Waals surface area contributed by atoms with Crippen molar-refractivity contribution in [3.63, 3.8) is 0 Å². The highest BCUT2D eigenvalue weighted by Crippen LogP contribution is 2.02. The van der Waals surface area contributed by atoms with E-state index in [0.717, 1.165) is 0 Å². The monoisotopic (exact) mass is 216 g/mol. The summed E-state index contributed by atoms with van der Waals surface area (Å²) in [7, 11) is -3.52. The van der Waals surface area contributed by atoms with Gasteiger partial charge in [-0.15, -0.1) is 0 Å². The predicted molar refractivity (Wildman–Crippen MR) is 47.8 cm³/mol. The van der Waals surface area contributed by atoms with Crippen molar-refractivity contribution in [2.24, 2.45) is 5.11 Å². The van der Waals surface area contributed by atoms with E-state index in [1.165, 1.54) is 12.4 Å². The molecular weight excluding hydrogens is 208 g/mol. The fourth-order valence-corrected chi connectivity index (χ4v) is 1.67. The van der Waals surface area contributed by atoms with Crippen molar-refractivity contribution < 1.29 is 8.42 Å². The Hall–Kier alpha value is -1.57. The zero-order valence-corrected chi connectivity index (χ0v) is 7.90. The van der Waals surface area contributed by atoms with Gasteiger partial charge in [0.2, 0.25) is 10.0 Å². The number of hydrogen-bond acceptors (Lipinski definition) is 4. The third-order valence-corrected chi connectivity index (χ3v) is 2.78. The van der Waals surface area contributed by atoms with E-state index < -0.39 is 10.0 Å². The lowest BCUT2D eigenvalue weighted by Crippen LogP contribution is -2.25. The molecule has 8 nitrogen and oxygen atoms in total. The molecule has 0 spiro atoms. The minimum absolute atomic E-state index is 0.0541. The van der Waals surface area contributed by atoms with E-state index in [1.54, 1.807) is 0 Å². The van der Waals surface area contributed by atoms with Crippen LogP contribution in [0.1, 0.15) is 0 Å². The number of rotatable bonds is 5. The molecule has 0 aliphatic rings. The van der Waals surface area contributed by atoms with Crippen LogP contribution in [0.4, 0.5) is 0 Å². The van der Waals surface area contributed by atoms with Crippen molar-refractivity contribution in [2.45, 2.75) is 4.90 Å². The van der Waals surface area contributed by atoms with Gasteiger partial charge in [0.1, 0.15) is 4.90 Å². The third-order valence-electron chi connectivity index (χ3n) is 1.35. The fourth-order valence-electron chi connectivity index (χ4n) is 0.744. The minimum atomic E-state index is -3.52. The van der Waals surface area contributed by atoms with Gasteiger partial charge < -0.3 is 0 Å². The van der Waals surface area contributed by atoms with Crippen LogP contribution < -0.4 is 4.72 Å². The molecule has 0 saturated heterocycles. The predicted octanol–water partition coefficient (Wildman–Crippen LogP) is -0.00170. The second kappa shape index (κ2) is 4.61. The molecule has 0 aliphatic carbocycles. The second-order valence-corrected chi connectivity index (χ2v) is 4.05. The third kappa shape index (κ3) is 2.73. The number of azide groups is 1. The Bertz CT molecular complexity index is 417. The smallest absolute Gasteiger partial charge is 0.243 e. The Kier molecular flexibility index (Phi) is 3.46. The van der Waals surface area contributed by atoms with Crippen LogP contribution in [0.15, 0.2) is 22.4 Å². The Morgan fingerprint density at radius 2 is 2.50 bits per heavy atom. The molecule has 0 unspecified atom stereocenters. The molecule has 1 aromatic rings. The molecule has 0 aromatic carbocycles. The van der Waals surface area contributed by atoms with Gasteiger partial charge in [0, 0.05) is 24.2 Å². The number of nitrogens with one attached hydrogen (secondary N) is 2. The Labute approximate surface area is 80.0 Å². The lowest BCUT2D eigenvalue weighted by molar-refractivity contribution is 0.582. The molecular formula is C5H8N6O2S. The quantitative estimate of drug-likeness (QED) is 0.311. The summed E-state index contributed by atoms with van der Waals surface area (Å²) in [6.07, 6.45) is 2.45. The normalized spacial score (nSPS) is 10.9. The maximum Gasteiger partial charge on any atom is 0.243 e. The van der Waals surface area contributed by atoms with Crippen LogP contribution in [0.2, 0.25) is 0 Å². The van der Waals surface area contributed by atoms with Gasteiger partial charge in [-0.2, -0.15) is 5.10 Å². The lowest BCUT2D eigenvalue weighted by atomic mass is 10.7. The van der Waals surface area contributed by atoms with E-state index >= 15 is 0 Å². The molecule has 0 radical (unpaired) electrons. The van der Waals surface area contributed by atoms with Gasteiger partial charge in [0.25, 0.3) is 0 Å². The SMILES string of the molecule is [N-]=[N+]=NCCNS(=O)(=O)c1cn[nH]c1. The number of H-pyrrole nitrogens is 1. The molecule has 9 heteroatoms. The molecule has 0 aliphatic heterocycles. The van der Waals surface area contributed by atoms with Crippen molar-refractivity contribution in [3.8, 4) is 0 Å². The topological polar surface area (TPSA) is 124 Å². The average Bonchev–Trinajstić information content (AvgIpc) is 2.65. The van der Waals surface area contributed by atoms with E-state index in [9.17, 15) is 8.42 Å². The lowest BCUT2D eigenvalue weighted by Gasteiger charge is -2.00. The maximum atomic E-state index is 11.4. The van der Waals surface area contributed by atoms with Crippen LogP contribution in [0.25, 0.3) is 10.4 Å². The van der Waals surface area contributed by atoms with Crippen molar-refractivity contribution in [1.82, 2.24) is 14.9 Å². The highest BCUT2D eigenvalue weighted by atomic mass is 32.2. The molecule has 0 bridgehead atoms. The van der Waals surface area contributed by atoms with Gasteiger partial charge >= 0.3 is 0 Å². The molecule has 2 N–H and O–H groups in total. The summed E-state index contributed by atoms with van der Waals surface area (Å²) < 4.78 is 24.9. The summed E-state index contributed by atoms with van der Waals surface area (Å²) in [5.41, 5.74) is 7.95. The molecule has 1 heterocycles. The van der Waals surface area contributed by atoms with E-state index in [4.69, 9.17) is 5.53 Å². The fraction of sp³-hybridized carbons (Fsp3) is 0.400. The largest absolute Gasteiger partial charge is 0.284 e. The number of sulfonamides is 1. The standard InChI is InChI=1S/C5H8N6O2S/c6-11-7-1-2-10-14(12,13)5-3-8-9-4-5/h3-4,10H,1-2H2,(H,8,9). The number of hydrogen-bond donors (Lipinski definition) is 2. The van der Waals surface area contributed by atoms with E-state index in [-0.39, 0.29) is 18.0 Å². The van der Waals surface area contributed by atoms with Crippen molar-refractivity contribution in [2.75, 3.05) is 13.1 Å². The first kappa shape index (κ1) is 10.5. The van der Waals surface area contributed by atoms with Gasteiger partial charge in [0.15, 0.2) is 0 Å². The molecule has 1 rings (SSSR count). The molecule has 1 aromatic heterocycles. The van der Waals surface area contributed by atoms with Crippen LogP contribution in [-0.2, 0) is 10.0 Å². The van der Waals surface area contributed by atoms with Gasteiger partial charge in [-0.05, 0) is 5.53 Å². The Morgan fingerprint density at radius 3 is 3.07 bits per heavy atom. The Balaban J connectivity index is 2.56. The van der Waals surface area contributed by atoms with E-state index in [1.807, 2.05) is 0 Å². The molecule has 0 atom stereocenters. The van der Waals surface area contributed by atoms with Crippen LogP contribution in [-0.4, -0.2) is 31.7 Å². The van der Waals surface area contributed by atoms with Crippen LogP contribution >= 0.6 is 0 Å². The number of nitrogens with zero attached hydrogens (tertiary/aromatic N) is 4. The molecule has 0 fully saturated rings. The van der Waals surface area contributed by atoms with Gasteiger partial charge in [-0.3, -0.25) is 5.10 Å². The van der Waals surface area contributed by atoms with Crippen molar-refractivity contribution >= 4 is 10.0 Å². The first-order valence-corrected chi connectivity index (χ1v) is 5.14. The maximum absolute atomic E-state index is 11.4. The summed E-state index contributed by atoms with van der Waals surface area (Å²) in [4.78, 5) is 2.54. The van der Waals surface area contributed by atoms with Crippen LogP contribution in [0.3, 0.4) is 0 Å². The summed E-state index contributed by atoms with van der Waals surface area (Å²) in [5, 5.41) is 9.08. The molecule has 0 saturated carbocycles. The van der Waals surface area contributed by atoms with Gasteiger partial charge in [-0.25, -0.2) is 13.1 Å². The second-order valence-electron chi connectivity index (χ2n) is 2.29. The van der Waals surface area contributed by atoms with E-state index in [2.05, 4.69) is 24.9 Å². The van der Waals surface area contributed by atoms with Crippen LogP contribution in [0.5, 0.6) is 0 Å². The van der Waals surface area contributed by atoms with Gasteiger partial charge in [-0.1, -0.05) is 5.11 Å². The van der Waals surface area contributed by atoms with E-state index in [0.29, 0.717) is 0 Å². The molecule has 14 heavy (non-hydrogen) atoms. The first-order valence-electron chi connectivity index (χ1n) is 3.66. The summed E-state index contributed by atoms with van der Waals surface area (Å²) in [6.45, 7) is 0.144. The number of aromatic nitrogens is 2. The highest BCUT2D eigenvalue weighted by Gasteiger charge is 2.13. The highest BCUT2D eigenvalue weighted by molar-refractivity contribution is 7.89. The molecule has 76 valence electrons. The number of aromatic amines is 1. The minimum Gasteiger partial charge on any atom is -0.284 e. The van der Waals surface area contributed by atoms with Gasteiger partial charge in [0.05, 0.1) is 6.20 Å². The molecule has 0 amide bonds. The summed E-state index contributed by atoms with van der Waals surface area (Å²) in [6, 6.07) is 0. The van der Waals surface area contributed by atoms with Crippen LogP contribution in [0, 0.1) is 0 Å².